The smallest absolute Gasteiger partial charge is 0.409 e. The number of rotatable bonds is 3. The van der Waals surface area contributed by atoms with E-state index in [1.807, 2.05) is 0 Å². The lowest BCUT2D eigenvalue weighted by Crippen LogP contribution is -2.56. The minimum absolute atomic E-state index is 0.168. The van der Waals surface area contributed by atoms with Gasteiger partial charge in [-0.2, -0.15) is 0 Å². The molecule has 2 fully saturated rings. The van der Waals surface area contributed by atoms with Crippen molar-refractivity contribution in [1.29, 1.82) is 0 Å². The summed E-state index contributed by atoms with van der Waals surface area (Å²) in [5.74, 6) is -0.852. The summed E-state index contributed by atoms with van der Waals surface area (Å²) in [4.78, 5) is 26.2. The summed E-state index contributed by atoms with van der Waals surface area (Å²) < 4.78 is 4.96. The van der Waals surface area contributed by atoms with E-state index < -0.39 is 5.97 Å². The predicted molar refractivity (Wildman–Crippen MR) is 64.3 cm³/mol. The summed E-state index contributed by atoms with van der Waals surface area (Å²) in [6.07, 6.45) is 1.25. The molecule has 18 heavy (non-hydrogen) atoms. The summed E-state index contributed by atoms with van der Waals surface area (Å²) in [7, 11) is 0. The van der Waals surface area contributed by atoms with E-state index in [1.165, 1.54) is 0 Å². The molecule has 2 aliphatic rings. The number of aliphatic carboxylic acids is 1. The minimum atomic E-state index is -0.684. The number of nitrogens with zero attached hydrogens (tertiary/aromatic N) is 2. The highest BCUT2D eigenvalue weighted by atomic mass is 16.6. The normalized spacial score (nSPS) is 28.6. The molecule has 0 aromatic heterocycles. The molecule has 1 heterocycles. The van der Waals surface area contributed by atoms with Gasteiger partial charge in [-0.05, 0) is 19.8 Å². The molecule has 1 N–H and O–H groups in total. The van der Waals surface area contributed by atoms with Crippen molar-refractivity contribution in [3.63, 3.8) is 0 Å². The summed E-state index contributed by atoms with van der Waals surface area (Å²) >= 11 is 0. The molecular formula is C12H20N2O4. The number of hydrogen-bond acceptors (Lipinski definition) is 4. The van der Waals surface area contributed by atoms with Crippen molar-refractivity contribution < 1.29 is 19.4 Å². The van der Waals surface area contributed by atoms with E-state index in [9.17, 15) is 9.59 Å². The molecule has 102 valence electrons. The number of piperazine rings is 1. The zero-order valence-corrected chi connectivity index (χ0v) is 10.7. The first-order valence-corrected chi connectivity index (χ1v) is 6.50. The molecule has 2 rings (SSSR count). The van der Waals surface area contributed by atoms with E-state index in [0.29, 0.717) is 25.7 Å². The summed E-state index contributed by atoms with van der Waals surface area (Å²) in [6.45, 7) is 5.18. The lowest BCUT2D eigenvalue weighted by molar-refractivity contribution is -0.147. The maximum atomic E-state index is 11.5. The van der Waals surface area contributed by atoms with Crippen molar-refractivity contribution in [2.75, 3.05) is 32.8 Å². The Kier molecular flexibility index (Phi) is 4.06. The Labute approximate surface area is 106 Å². The van der Waals surface area contributed by atoms with Gasteiger partial charge in [-0.1, -0.05) is 0 Å². The molecule has 6 nitrogen and oxygen atoms in total. The van der Waals surface area contributed by atoms with E-state index in [2.05, 4.69) is 4.90 Å². The highest BCUT2D eigenvalue weighted by Gasteiger charge is 2.39. The third-order valence-electron chi connectivity index (χ3n) is 3.82. The van der Waals surface area contributed by atoms with Crippen LogP contribution in [0, 0.1) is 5.92 Å². The van der Waals surface area contributed by atoms with Gasteiger partial charge >= 0.3 is 12.1 Å². The highest BCUT2D eigenvalue weighted by Crippen LogP contribution is 2.32. The van der Waals surface area contributed by atoms with Gasteiger partial charge in [0.25, 0.3) is 0 Å². The van der Waals surface area contributed by atoms with E-state index in [0.717, 1.165) is 25.9 Å². The van der Waals surface area contributed by atoms with Crippen molar-refractivity contribution in [3.8, 4) is 0 Å². The Morgan fingerprint density at radius 1 is 1.22 bits per heavy atom. The molecule has 1 aliphatic carbocycles. The van der Waals surface area contributed by atoms with Gasteiger partial charge in [0, 0.05) is 32.2 Å². The summed E-state index contributed by atoms with van der Waals surface area (Å²) in [5.41, 5.74) is 0. The SMILES string of the molecule is CCOC(=O)N1CCN(C2CC(C(=O)O)C2)CC1. The fourth-order valence-corrected chi connectivity index (χ4v) is 2.57. The topological polar surface area (TPSA) is 70.1 Å². The molecule has 0 unspecified atom stereocenters. The number of hydrogen-bond donors (Lipinski definition) is 1. The van der Waals surface area contributed by atoms with E-state index in [1.54, 1.807) is 11.8 Å². The van der Waals surface area contributed by atoms with Crippen molar-refractivity contribution in [2.24, 2.45) is 5.92 Å². The van der Waals surface area contributed by atoms with Crippen LogP contribution in [0.2, 0.25) is 0 Å². The first-order valence-electron chi connectivity index (χ1n) is 6.50. The molecular weight excluding hydrogens is 236 g/mol. The van der Waals surface area contributed by atoms with Crippen LogP contribution in [0.25, 0.3) is 0 Å². The van der Waals surface area contributed by atoms with Gasteiger partial charge in [0.15, 0.2) is 0 Å². The Morgan fingerprint density at radius 3 is 2.33 bits per heavy atom. The molecule has 0 aromatic carbocycles. The number of ether oxygens (including phenoxy) is 1. The second-order valence-electron chi connectivity index (χ2n) is 4.88. The Bertz CT molecular complexity index is 320. The first-order chi connectivity index (χ1) is 8.61. The molecule has 0 bridgehead atoms. The maximum Gasteiger partial charge on any atom is 0.409 e. The monoisotopic (exact) mass is 256 g/mol. The Balaban J connectivity index is 1.71. The van der Waals surface area contributed by atoms with Crippen LogP contribution < -0.4 is 0 Å². The van der Waals surface area contributed by atoms with Crippen molar-refractivity contribution >= 4 is 12.1 Å². The van der Waals surface area contributed by atoms with Gasteiger partial charge in [0.2, 0.25) is 0 Å². The molecule has 0 spiro atoms. The Hall–Kier alpha value is -1.30. The van der Waals surface area contributed by atoms with E-state index in [4.69, 9.17) is 9.84 Å². The van der Waals surface area contributed by atoms with Crippen LogP contribution in [-0.2, 0) is 9.53 Å². The fraction of sp³-hybridized carbons (Fsp3) is 0.833. The van der Waals surface area contributed by atoms with Gasteiger partial charge in [-0.25, -0.2) is 4.79 Å². The van der Waals surface area contributed by atoms with Gasteiger partial charge in [0.1, 0.15) is 0 Å². The van der Waals surface area contributed by atoms with Crippen LogP contribution in [0.3, 0.4) is 0 Å². The molecule has 1 saturated carbocycles. The van der Waals surface area contributed by atoms with Gasteiger partial charge in [-0.15, -0.1) is 0 Å². The molecule has 1 aliphatic heterocycles. The van der Waals surface area contributed by atoms with Crippen LogP contribution in [0.15, 0.2) is 0 Å². The third-order valence-corrected chi connectivity index (χ3v) is 3.82. The molecule has 1 amide bonds. The molecule has 1 saturated heterocycles. The van der Waals surface area contributed by atoms with Crippen LogP contribution in [0.4, 0.5) is 4.79 Å². The molecule has 0 aromatic rings. The number of carbonyl (C=O) groups excluding carboxylic acids is 1. The number of carbonyl (C=O) groups is 2. The van der Waals surface area contributed by atoms with Gasteiger partial charge in [-0.3, -0.25) is 9.69 Å². The second kappa shape index (κ2) is 5.56. The maximum absolute atomic E-state index is 11.5. The van der Waals surface area contributed by atoms with Crippen molar-refractivity contribution in [3.05, 3.63) is 0 Å². The summed E-state index contributed by atoms with van der Waals surface area (Å²) in [5, 5.41) is 8.84. The van der Waals surface area contributed by atoms with Crippen LogP contribution >= 0.6 is 0 Å². The predicted octanol–water partition coefficient (Wildman–Crippen LogP) is 0.624. The zero-order chi connectivity index (χ0) is 13.1. The lowest BCUT2D eigenvalue weighted by atomic mass is 9.79. The van der Waals surface area contributed by atoms with E-state index >= 15 is 0 Å². The fourth-order valence-electron chi connectivity index (χ4n) is 2.57. The average Bonchev–Trinajstić information content (AvgIpc) is 2.27. The largest absolute Gasteiger partial charge is 0.481 e. The zero-order valence-electron chi connectivity index (χ0n) is 10.7. The number of carboxylic acids is 1. The number of amides is 1. The highest BCUT2D eigenvalue weighted by molar-refractivity contribution is 5.71. The van der Waals surface area contributed by atoms with Crippen molar-refractivity contribution in [1.82, 2.24) is 9.80 Å². The lowest BCUT2D eigenvalue weighted by Gasteiger charge is -2.44. The van der Waals surface area contributed by atoms with Gasteiger partial charge in [0.05, 0.1) is 12.5 Å². The first kappa shape index (κ1) is 13.1. The molecule has 0 atom stereocenters. The molecule has 0 radical (unpaired) electrons. The van der Waals surface area contributed by atoms with Crippen LogP contribution in [0.5, 0.6) is 0 Å². The molecule has 6 heteroatoms. The second-order valence-corrected chi connectivity index (χ2v) is 4.88. The quantitative estimate of drug-likeness (QED) is 0.801. The Morgan fingerprint density at radius 2 is 1.83 bits per heavy atom. The van der Waals surface area contributed by atoms with Crippen LogP contribution in [0.1, 0.15) is 19.8 Å². The average molecular weight is 256 g/mol. The van der Waals surface area contributed by atoms with Crippen molar-refractivity contribution in [2.45, 2.75) is 25.8 Å². The third kappa shape index (κ3) is 2.75. The van der Waals surface area contributed by atoms with Gasteiger partial charge < -0.3 is 14.7 Å². The summed E-state index contributed by atoms with van der Waals surface area (Å²) in [6, 6.07) is 0.385. The number of carboxylic acid groups (broad SMARTS) is 1. The van der Waals surface area contributed by atoms with Crippen LogP contribution in [-0.4, -0.2) is 65.8 Å². The van der Waals surface area contributed by atoms with E-state index in [-0.39, 0.29) is 12.0 Å². The minimum Gasteiger partial charge on any atom is -0.481 e. The standard InChI is InChI=1S/C12H20N2O4/c1-2-18-12(17)14-5-3-13(4-6-14)10-7-9(8-10)11(15)16/h9-10H,2-8H2,1H3,(H,15,16).